The van der Waals surface area contributed by atoms with Gasteiger partial charge in [0.15, 0.2) is 12.2 Å². The normalized spacial score (nSPS) is 15.8. The van der Waals surface area contributed by atoms with E-state index in [0.29, 0.717) is 19.3 Å². The Bertz CT molecular complexity index is 266. The molecule has 0 spiro atoms. The van der Waals surface area contributed by atoms with E-state index in [4.69, 9.17) is 15.3 Å². The fourth-order valence-corrected chi connectivity index (χ4v) is 1.32. The van der Waals surface area contributed by atoms with Crippen molar-refractivity contribution >= 4 is 11.9 Å². The minimum atomic E-state index is -2.19. The fraction of sp³-hybridized carbons (Fsp3) is 0.818. The van der Waals surface area contributed by atoms with Gasteiger partial charge in [0.05, 0.1) is 12.7 Å². The van der Waals surface area contributed by atoms with Gasteiger partial charge in [-0.25, -0.2) is 9.59 Å². The highest BCUT2D eigenvalue weighted by atomic mass is 16.5. The summed E-state index contributed by atoms with van der Waals surface area (Å²) in [5, 5.41) is 35.7. The highest BCUT2D eigenvalue weighted by Gasteiger charge is 2.31. The number of aliphatic carboxylic acids is 1. The lowest BCUT2D eigenvalue weighted by Gasteiger charge is -2.13. The maximum atomic E-state index is 11.1. The molecule has 0 aliphatic heterocycles. The maximum absolute atomic E-state index is 11.1. The monoisotopic (exact) mass is 264 g/mol. The number of carbonyl (C=O) groups excluding carboxylic acids is 1. The molecular formula is C11H20O7. The van der Waals surface area contributed by atoms with Crippen molar-refractivity contribution in [2.24, 2.45) is 0 Å². The molecule has 0 aromatic rings. The largest absolute Gasteiger partial charge is 0.479 e. The first-order valence-electron chi connectivity index (χ1n) is 5.83. The van der Waals surface area contributed by atoms with Gasteiger partial charge in [-0.05, 0) is 19.3 Å². The second kappa shape index (κ2) is 8.84. The summed E-state index contributed by atoms with van der Waals surface area (Å²) in [5.41, 5.74) is 0. The Morgan fingerprint density at radius 1 is 1.11 bits per heavy atom. The second-order valence-corrected chi connectivity index (χ2v) is 3.98. The molecule has 0 fully saturated rings. The fourth-order valence-electron chi connectivity index (χ4n) is 1.32. The van der Waals surface area contributed by atoms with E-state index in [1.165, 1.54) is 0 Å². The molecule has 0 aliphatic rings. The average molecular weight is 264 g/mol. The number of hydrogen-bond donors (Lipinski definition) is 4. The Morgan fingerprint density at radius 2 is 1.72 bits per heavy atom. The van der Waals surface area contributed by atoms with Crippen molar-refractivity contribution in [3.63, 3.8) is 0 Å². The van der Waals surface area contributed by atoms with Crippen molar-refractivity contribution in [3.05, 3.63) is 0 Å². The number of ether oxygens (including phenoxy) is 1. The van der Waals surface area contributed by atoms with Gasteiger partial charge < -0.3 is 25.2 Å². The van der Waals surface area contributed by atoms with Gasteiger partial charge in [0.2, 0.25) is 0 Å². The van der Waals surface area contributed by atoms with Gasteiger partial charge in [0.25, 0.3) is 0 Å². The number of carboxylic acids is 1. The third-order valence-electron chi connectivity index (χ3n) is 2.34. The summed E-state index contributed by atoms with van der Waals surface area (Å²) in [6.45, 7) is 1.90. The van der Waals surface area contributed by atoms with E-state index in [2.05, 4.69) is 4.74 Å². The molecule has 3 unspecified atom stereocenters. The Morgan fingerprint density at radius 3 is 2.22 bits per heavy atom. The van der Waals surface area contributed by atoms with Gasteiger partial charge in [0.1, 0.15) is 0 Å². The molecule has 0 amide bonds. The smallest absolute Gasteiger partial charge is 0.338 e. The molecule has 0 bridgehead atoms. The van der Waals surface area contributed by atoms with Gasteiger partial charge in [0, 0.05) is 0 Å². The number of esters is 1. The average Bonchev–Trinajstić information content (AvgIpc) is 2.32. The molecule has 0 saturated heterocycles. The number of aliphatic hydroxyl groups is 3. The quantitative estimate of drug-likeness (QED) is 0.320. The molecule has 4 N–H and O–H groups in total. The molecular weight excluding hydrogens is 244 g/mol. The van der Waals surface area contributed by atoms with Crippen LogP contribution >= 0.6 is 0 Å². The molecule has 0 aromatic heterocycles. The molecule has 0 saturated carbocycles. The SMILES string of the molecule is CCCC(O)CCCOC(=O)C(O)C(O)C(=O)O. The van der Waals surface area contributed by atoms with Crippen molar-refractivity contribution in [3.8, 4) is 0 Å². The van der Waals surface area contributed by atoms with Crippen molar-refractivity contribution in [2.75, 3.05) is 6.61 Å². The first-order chi connectivity index (χ1) is 8.40. The second-order valence-electron chi connectivity index (χ2n) is 3.98. The van der Waals surface area contributed by atoms with Crippen LogP contribution in [0.4, 0.5) is 0 Å². The highest BCUT2D eigenvalue weighted by molar-refractivity contribution is 5.84. The summed E-state index contributed by atoms with van der Waals surface area (Å²) in [6, 6.07) is 0. The number of carboxylic acid groups (broad SMARTS) is 1. The van der Waals surface area contributed by atoms with E-state index >= 15 is 0 Å². The van der Waals surface area contributed by atoms with Crippen LogP contribution in [-0.2, 0) is 14.3 Å². The van der Waals surface area contributed by atoms with Crippen LogP contribution in [0.1, 0.15) is 32.6 Å². The zero-order chi connectivity index (χ0) is 14.1. The van der Waals surface area contributed by atoms with Crippen LogP contribution in [0.25, 0.3) is 0 Å². The zero-order valence-electron chi connectivity index (χ0n) is 10.3. The lowest BCUT2D eigenvalue weighted by Crippen LogP contribution is -2.40. The molecule has 0 radical (unpaired) electrons. The molecule has 0 rings (SSSR count). The van der Waals surface area contributed by atoms with Crippen LogP contribution in [0.15, 0.2) is 0 Å². The summed E-state index contributed by atoms with van der Waals surface area (Å²) < 4.78 is 4.58. The van der Waals surface area contributed by atoms with Gasteiger partial charge in [-0.15, -0.1) is 0 Å². The van der Waals surface area contributed by atoms with E-state index in [9.17, 15) is 14.7 Å². The van der Waals surface area contributed by atoms with E-state index in [1.54, 1.807) is 0 Å². The number of hydrogen-bond acceptors (Lipinski definition) is 6. The molecule has 3 atom stereocenters. The maximum Gasteiger partial charge on any atom is 0.338 e. The highest BCUT2D eigenvalue weighted by Crippen LogP contribution is 2.05. The molecule has 7 heteroatoms. The first-order valence-corrected chi connectivity index (χ1v) is 5.83. The first kappa shape index (κ1) is 16.8. The minimum absolute atomic E-state index is 0.0387. The Hall–Kier alpha value is -1.18. The Labute approximate surface area is 105 Å². The van der Waals surface area contributed by atoms with E-state index < -0.39 is 30.3 Å². The molecule has 0 aromatic carbocycles. The molecule has 0 heterocycles. The number of aliphatic hydroxyl groups excluding tert-OH is 3. The van der Waals surface area contributed by atoms with E-state index in [1.807, 2.05) is 6.92 Å². The predicted octanol–water partition coefficient (Wildman–Crippen LogP) is -0.723. The van der Waals surface area contributed by atoms with Crippen LogP contribution in [0.3, 0.4) is 0 Å². The predicted molar refractivity (Wildman–Crippen MR) is 60.8 cm³/mol. The van der Waals surface area contributed by atoms with Gasteiger partial charge >= 0.3 is 11.9 Å². The molecule has 106 valence electrons. The van der Waals surface area contributed by atoms with Gasteiger partial charge in [-0.2, -0.15) is 0 Å². The summed E-state index contributed by atoms with van der Waals surface area (Å²) in [4.78, 5) is 21.4. The summed E-state index contributed by atoms with van der Waals surface area (Å²) in [5.74, 6) is -2.88. The third kappa shape index (κ3) is 6.53. The van der Waals surface area contributed by atoms with Crippen LogP contribution in [0, 0.1) is 0 Å². The van der Waals surface area contributed by atoms with Crippen LogP contribution in [0.2, 0.25) is 0 Å². The van der Waals surface area contributed by atoms with Crippen LogP contribution in [0.5, 0.6) is 0 Å². The van der Waals surface area contributed by atoms with E-state index in [0.717, 1.165) is 6.42 Å². The summed E-state index contributed by atoms with van der Waals surface area (Å²) in [6.07, 6.45) is -2.37. The molecule has 18 heavy (non-hydrogen) atoms. The van der Waals surface area contributed by atoms with Gasteiger partial charge in [-0.1, -0.05) is 13.3 Å². The zero-order valence-corrected chi connectivity index (χ0v) is 10.3. The Balaban J connectivity index is 3.80. The minimum Gasteiger partial charge on any atom is -0.479 e. The molecule has 7 nitrogen and oxygen atoms in total. The lowest BCUT2D eigenvalue weighted by atomic mass is 10.1. The van der Waals surface area contributed by atoms with E-state index in [-0.39, 0.29) is 6.61 Å². The topological polar surface area (TPSA) is 124 Å². The van der Waals surface area contributed by atoms with Crippen molar-refractivity contribution in [1.82, 2.24) is 0 Å². The summed E-state index contributed by atoms with van der Waals surface area (Å²) >= 11 is 0. The standard InChI is InChI=1S/C11H20O7/c1-2-4-7(12)5-3-6-18-11(17)9(14)8(13)10(15)16/h7-9,12-14H,2-6H2,1H3,(H,15,16). The molecule has 0 aliphatic carbocycles. The summed E-state index contributed by atoms with van der Waals surface area (Å²) in [7, 11) is 0. The van der Waals surface area contributed by atoms with Crippen molar-refractivity contribution in [2.45, 2.75) is 50.9 Å². The Kier molecular flexibility index (Phi) is 8.27. The van der Waals surface area contributed by atoms with Gasteiger partial charge in [-0.3, -0.25) is 0 Å². The van der Waals surface area contributed by atoms with Crippen LogP contribution in [-0.4, -0.2) is 57.3 Å². The van der Waals surface area contributed by atoms with Crippen molar-refractivity contribution < 1.29 is 34.8 Å². The number of rotatable bonds is 9. The van der Waals surface area contributed by atoms with Crippen LogP contribution < -0.4 is 0 Å². The van der Waals surface area contributed by atoms with Crippen molar-refractivity contribution in [1.29, 1.82) is 0 Å². The lowest BCUT2D eigenvalue weighted by molar-refractivity contribution is -0.169. The third-order valence-corrected chi connectivity index (χ3v) is 2.34. The number of carbonyl (C=O) groups is 2.